The monoisotopic (exact) mass is 788 g/mol. The van der Waals surface area contributed by atoms with Crippen LogP contribution in [0.1, 0.15) is 11.1 Å². The highest BCUT2D eigenvalue weighted by atomic mass is 15.0. The Bertz CT molecular complexity index is 3840. The van der Waals surface area contributed by atoms with Crippen molar-refractivity contribution >= 4 is 87.2 Å². The molecular formula is C56H32N6. The normalized spacial score (nSPS) is 11.8. The molecule has 0 radical (unpaired) electrons. The molecule has 0 atom stereocenters. The maximum Gasteiger partial charge on any atom is 0.101 e. The molecule has 0 aliphatic rings. The Labute approximate surface area is 354 Å². The fourth-order valence-electron chi connectivity index (χ4n) is 10.2. The molecule has 6 heteroatoms. The van der Waals surface area contributed by atoms with Crippen LogP contribution in [-0.4, -0.2) is 18.3 Å². The van der Waals surface area contributed by atoms with Gasteiger partial charge in [-0.3, -0.25) is 0 Å². The predicted molar refractivity (Wildman–Crippen MR) is 253 cm³/mol. The van der Waals surface area contributed by atoms with E-state index >= 15 is 0 Å². The Hall–Kier alpha value is -8.84. The molecule has 0 amide bonds. The molecule has 0 bridgehead atoms. The van der Waals surface area contributed by atoms with Gasteiger partial charge in [-0.25, -0.2) is 0 Å². The number of benzene rings is 9. The Kier molecular flexibility index (Phi) is 7.05. The van der Waals surface area contributed by atoms with E-state index in [4.69, 9.17) is 0 Å². The highest BCUT2D eigenvalue weighted by molar-refractivity contribution is 6.21. The van der Waals surface area contributed by atoms with Crippen LogP contribution in [0, 0.1) is 22.7 Å². The highest BCUT2D eigenvalue weighted by Crippen LogP contribution is 2.43. The second-order valence-corrected chi connectivity index (χ2v) is 16.0. The first kappa shape index (κ1) is 34.1. The summed E-state index contributed by atoms with van der Waals surface area (Å²) in [5, 5.41) is 30.9. The minimum absolute atomic E-state index is 0.420. The molecule has 0 saturated heterocycles. The van der Waals surface area contributed by atoms with Crippen LogP contribution >= 0.6 is 0 Å². The van der Waals surface area contributed by atoms with E-state index in [1.54, 1.807) is 6.07 Å². The largest absolute Gasteiger partial charge is 0.309 e. The van der Waals surface area contributed by atoms with E-state index in [0.717, 1.165) is 87.8 Å². The van der Waals surface area contributed by atoms with Crippen molar-refractivity contribution in [3.63, 3.8) is 0 Å². The zero-order valence-electron chi connectivity index (χ0n) is 33.2. The van der Waals surface area contributed by atoms with Crippen molar-refractivity contribution in [2.24, 2.45) is 0 Å². The zero-order valence-corrected chi connectivity index (χ0v) is 33.2. The van der Waals surface area contributed by atoms with Crippen LogP contribution in [-0.2, 0) is 0 Å². The Morgan fingerprint density at radius 2 is 0.565 bits per heavy atom. The van der Waals surface area contributed by atoms with Crippen LogP contribution in [0.3, 0.4) is 0 Å². The maximum absolute atomic E-state index is 10.9. The smallest absolute Gasteiger partial charge is 0.101 e. The number of para-hydroxylation sites is 6. The van der Waals surface area contributed by atoms with Gasteiger partial charge in [-0.05, 0) is 84.9 Å². The van der Waals surface area contributed by atoms with E-state index in [2.05, 4.69) is 206 Å². The lowest BCUT2D eigenvalue weighted by molar-refractivity contribution is 1.12. The van der Waals surface area contributed by atoms with E-state index < -0.39 is 0 Å². The molecule has 0 aliphatic carbocycles. The molecule has 9 aromatic carbocycles. The van der Waals surface area contributed by atoms with Gasteiger partial charge in [0.05, 0.1) is 66.6 Å². The predicted octanol–water partition coefficient (Wildman–Crippen LogP) is 13.8. The zero-order chi connectivity index (χ0) is 41.1. The summed E-state index contributed by atoms with van der Waals surface area (Å²) in [6, 6.07) is 72.9. The summed E-state index contributed by atoms with van der Waals surface area (Å²) >= 11 is 0. The molecule has 0 unspecified atom stereocenters. The molecule has 0 N–H and O–H groups in total. The highest BCUT2D eigenvalue weighted by Gasteiger charge is 2.24. The first-order valence-electron chi connectivity index (χ1n) is 20.7. The molecular weight excluding hydrogens is 757 g/mol. The van der Waals surface area contributed by atoms with Crippen LogP contribution in [0.25, 0.3) is 110 Å². The maximum atomic E-state index is 10.9. The standard InChI is InChI=1S/C56H32N6/c57-33-35-27-36(34-58)52(62-50-26-14-10-22-42(50)46-29-44-40-20-8-12-24-48(40)60(54(44)32-56(46)62)38-17-5-2-6-18-38)30-51(35)61-49-25-13-9-21-41(49)45-28-43-39-19-7-11-23-47(39)59(53(43)31-55(45)61)37-15-3-1-4-16-37/h1-32H. The van der Waals surface area contributed by atoms with Gasteiger partial charge >= 0.3 is 0 Å². The summed E-state index contributed by atoms with van der Waals surface area (Å²) in [4.78, 5) is 0. The van der Waals surface area contributed by atoms with Crippen LogP contribution in [0.2, 0.25) is 0 Å². The molecule has 286 valence electrons. The number of hydrogen-bond acceptors (Lipinski definition) is 2. The van der Waals surface area contributed by atoms with Crippen molar-refractivity contribution in [2.45, 2.75) is 0 Å². The third-order valence-corrected chi connectivity index (χ3v) is 12.8. The second-order valence-electron chi connectivity index (χ2n) is 16.0. The van der Waals surface area contributed by atoms with E-state index in [-0.39, 0.29) is 0 Å². The average molecular weight is 789 g/mol. The van der Waals surface area contributed by atoms with Crippen LogP contribution < -0.4 is 0 Å². The summed E-state index contributed by atoms with van der Waals surface area (Å²) in [7, 11) is 0. The first-order chi connectivity index (χ1) is 30.7. The Morgan fingerprint density at radius 3 is 0.919 bits per heavy atom. The molecule has 6 nitrogen and oxygen atoms in total. The fourth-order valence-corrected chi connectivity index (χ4v) is 10.2. The van der Waals surface area contributed by atoms with Gasteiger partial charge < -0.3 is 18.3 Å². The number of nitriles is 2. The van der Waals surface area contributed by atoms with Gasteiger partial charge in [-0.1, -0.05) is 109 Å². The summed E-state index contributed by atoms with van der Waals surface area (Å²) in [5.74, 6) is 0. The topological polar surface area (TPSA) is 67.3 Å². The molecule has 0 fully saturated rings. The lowest BCUT2D eigenvalue weighted by atomic mass is 10.1. The second kappa shape index (κ2) is 12.8. The number of nitrogens with zero attached hydrogens (tertiary/aromatic N) is 6. The van der Waals surface area contributed by atoms with E-state index in [1.807, 2.05) is 12.1 Å². The van der Waals surface area contributed by atoms with Crippen molar-refractivity contribution in [3.8, 4) is 34.9 Å². The SMILES string of the molecule is N#Cc1cc(C#N)c(-n2c3ccccc3c3cc4c5ccccc5n(-c5ccccc5)c4cc32)cc1-n1c2ccccc2c2cc3c4ccccc4n(-c4ccccc4)c3cc21. The van der Waals surface area contributed by atoms with Crippen molar-refractivity contribution in [3.05, 3.63) is 205 Å². The summed E-state index contributed by atoms with van der Waals surface area (Å²) < 4.78 is 9.10. The quantitative estimate of drug-likeness (QED) is 0.178. The Morgan fingerprint density at radius 1 is 0.258 bits per heavy atom. The third kappa shape index (κ3) is 4.61. The van der Waals surface area contributed by atoms with Crippen molar-refractivity contribution in [2.75, 3.05) is 0 Å². The van der Waals surface area contributed by atoms with E-state index in [9.17, 15) is 10.5 Å². The lowest BCUT2D eigenvalue weighted by Crippen LogP contribution is -2.04. The minimum atomic E-state index is 0.420. The van der Waals surface area contributed by atoms with Crippen LogP contribution in [0.15, 0.2) is 194 Å². The molecule has 0 aliphatic heterocycles. The van der Waals surface area contributed by atoms with E-state index in [1.165, 1.54) is 10.8 Å². The number of fused-ring (bicyclic) bond motifs is 12. The van der Waals surface area contributed by atoms with Crippen LogP contribution in [0.5, 0.6) is 0 Å². The molecule has 0 spiro atoms. The number of hydrogen-bond donors (Lipinski definition) is 0. The minimum Gasteiger partial charge on any atom is -0.309 e. The summed E-state index contributed by atoms with van der Waals surface area (Å²) in [6.45, 7) is 0. The number of rotatable bonds is 4. The van der Waals surface area contributed by atoms with Gasteiger partial charge in [-0.15, -0.1) is 0 Å². The van der Waals surface area contributed by atoms with Crippen LogP contribution in [0.4, 0.5) is 0 Å². The van der Waals surface area contributed by atoms with Gasteiger partial charge in [-0.2, -0.15) is 10.5 Å². The van der Waals surface area contributed by atoms with Gasteiger partial charge in [0.2, 0.25) is 0 Å². The average Bonchev–Trinajstić information content (AvgIpc) is 4.04. The first-order valence-corrected chi connectivity index (χ1v) is 20.7. The molecule has 13 aromatic rings. The Balaban J connectivity index is 1.15. The fraction of sp³-hybridized carbons (Fsp3) is 0. The van der Waals surface area contributed by atoms with Gasteiger partial charge in [0.25, 0.3) is 0 Å². The van der Waals surface area contributed by atoms with Gasteiger partial charge in [0.15, 0.2) is 0 Å². The summed E-state index contributed by atoms with van der Waals surface area (Å²) in [6.07, 6.45) is 0. The van der Waals surface area contributed by atoms with Gasteiger partial charge in [0.1, 0.15) is 12.1 Å². The van der Waals surface area contributed by atoms with Crippen molar-refractivity contribution < 1.29 is 0 Å². The van der Waals surface area contributed by atoms with Crippen molar-refractivity contribution in [1.82, 2.24) is 18.3 Å². The third-order valence-electron chi connectivity index (χ3n) is 12.8. The van der Waals surface area contributed by atoms with E-state index in [0.29, 0.717) is 22.5 Å². The molecule has 62 heavy (non-hydrogen) atoms. The van der Waals surface area contributed by atoms with Gasteiger partial charge in [0, 0.05) is 54.5 Å². The number of aromatic nitrogens is 4. The lowest BCUT2D eigenvalue weighted by Gasteiger charge is -2.16. The molecule has 13 rings (SSSR count). The molecule has 4 aromatic heterocycles. The molecule has 0 saturated carbocycles. The van der Waals surface area contributed by atoms with Crippen molar-refractivity contribution in [1.29, 1.82) is 10.5 Å². The summed E-state index contributed by atoms with van der Waals surface area (Å²) in [5.41, 5.74) is 12.7. The molecule has 4 heterocycles.